The predicted molar refractivity (Wildman–Crippen MR) is 134 cm³/mol. The Morgan fingerprint density at radius 3 is 2.09 bits per heavy atom. The first-order valence-electron chi connectivity index (χ1n) is 10.2. The maximum absolute atomic E-state index is 11.1. The second kappa shape index (κ2) is 11.6. The second-order valence-corrected chi connectivity index (χ2v) is 8.13. The van der Waals surface area contributed by atoms with Crippen LogP contribution in [0.25, 0.3) is 0 Å². The van der Waals surface area contributed by atoms with Crippen LogP contribution < -0.4 is 24.6 Å². The van der Waals surface area contributed by atoms with Gasteiger partial charge >= 0.3 is 0 Å². The zero-order chi connectivity index (χ0) is 24.7. The number of anilines is 1. The minimum Gasteiger partial charge on any atom is -0.545 e. The molecule has 34 heavy (non-hydrogen) atoms. The van der Waals surface area contributed by atoms with E-state index in [2.05, 4.69) is 5.32 Å². The van der Waals surface area contributed by atoms with E-state index in [-0.39, 0.29) is 5.56 Å². The Balaban J connectivity index is 1.90. The molecule has 0 aliphatic carbocycles. The molecule has 7 nitrogen and oxygen atoms in total. The SMILES string of the molecule is COc1ccc(Cl)cc1NC(=S)N(Cc1ccc(C(=O)[O-])cc1)Cc1ccc(OC)c(OC)c1. The molecule has 1 N–H and O–H groups in total. The average molecular weight is 500 g/mol. The summed E-state index contributed by atoms with van der Waals surface area (Å²) in [5.41, 5.74) is 2.54. The van der Waals surface area contributed by atoms with Crippen LogP contribution in [0, 0.1) is 0 Å². The predicted octanol–water partition coefficient (Wildman–Crippen LogP) is 4.13. The van der Waals surface area contributed by atoms with Crippen molar-refractivity contribution >= 4 is 40.6 Å². The Kier molecular flexibility index (Phi) is 8.56. The first-order chi connectivity index (χ1) is 16.3. The molecular weight excluding hydrogens is 476 g/mol. The fourth-order valence-corrected chi connectivity index (χ4v) is 3.75. The van der Waals surface area contributed by atoms with Gasteiger partial charge in [0.05, 0.1) is 33.0 Å². The molecule has 0 heterocycles. The largest absolute Gasteiger partial charge is 0.545 e. The molecule has 3 aromatic carbocycles. The minimum atomic E-state index is -1.22. The summed E-state index contributed by atoms with van der Waals surface area (Å²) in [6, 6.07) is 17.3. The first kappa shape index (κ1) is 25.1. The normalized spacial score (nSPS) is 10.4. The van der Waals surface area contributed by atoms with Gasteiger partial charge < -0.3 is 34.3 Å². The second-order valence-electron chi connectivity index (χ2n) is 7.30. The number of thiocarbonyl (C=S) groups is 1. The molecule has 178 valence electrons. The molecule has 3 aromatic rings. The number of rotatable bonds is 9. The molecule has 0 amide bonds. The van der Waals surface area contributed by atoms with Gasteiger partial charge in [-0.3, -0.25) is 0 Å². The number of carbonyl (C=O) groups is 1. The van der Waals surface area contributed by atoms with Gasteiger partial charge in [-0.05, 0) is 59.2 Å². The van der Waals surface area contributed by atoms with Gasteiger partial charge in [-0.2, -0.15) is 0 Å². The van der Waals surface area contributed by atoms with Crippen molar-refractivity contribution in [3.8, 4) is 17.2 Å². The Hall–Kier alpha value is -3.49. The molecule has 9 heteroatoms. The van der Waals surface area contributed by atoms with Crippen LogP contribution in [-0.2, 0) is 13.1 Å². The summed E-state index contributed by atoms with van der Waals surface area (Å²) in [5.74, 6) is 0.601. The van der Waals surface area contributed by atoms with Crippen LogP contribution in [0.4, 0.5) is 5.69 Å². The Morgan fingerprint density at radius 1 is 0.882 bits per heavy atom. The third-order valence-corrected chi connectivity index (χ3v) is 5.67. The quantitative estimate of drug-likeness (QED) is 0.440. The van der Waals surface area contributed by atoms with Crippen molar-refractivity contribution in [3.05, 3.63) is 82.4 Å². The number of hydrogen-bond acceptors (Lipinski definition) is 6. The third-order valence-electron chi connectivity index (χ3n) is 5.07. The lowest BCUT2D eigenvalue weighted by Gasteiger charge is -2.27. The summed E-state index contributed by atoms with van der Waals surface area (Å²) < 4.78 is 16.2. The lowest BCUT2D eigenvalue weighted by atomic mass is 10.1. The Bertz CT molecular complexity index is 1170. The van der Waals surface area contributed by atoms with E-state index >= 15 is 0 Å². The fourth-order valence-electron chi connectivity index (χ4n) is 3.34. The van der Waals surface area contributed by atoms with Crippen molar-refractivity contribution in [1.29, 1.82) is 0 Å². The molecule has 0 unspecified atom stereocenters. The Labute approximate surface area is 208 Å². The van der Waals surface area contributed by atoms with Gasteiger partial charge in [-0.15, -0.1) is 0 Å². The summed E-state index contributed by atoms with van der Waals surface area (Å²) in [5, 5.41) is 15.3. The van der Waals surface area contributed by atoms with E-state index in [1.165, 1.54) is 12.1 Å². The van der Waals surface area contributed by atoms with Crippen LogP contribution in [0.3, 0.4) is 0 Å². The number of hydrogen-bond donors (Lipinski definition) is 1. The van der Waals surface area contributed by atoms with E-state index in [0.717, 1.165) is 11.1 Å². The standard InChI is InChI=1S/C25H25ClN2O5S/c1-31-21-11-9-19(26)13-20(21)27-25(34)28(14-16-4-7-18(8-5-16)24(29)30)15-17-6-10-22(32-2)23(12-17)33-3/h4-13H,14-15H2,1-3H3,(H,27,34)(H,29,30)/p-1. The summed E-state index contributed by atoms with van der Waals surface area (Å²) in [7, 11) is 4.73. The van der Waals surface area contributed by atoms with Gasteiger partial charge in [-0.25, -0.2) is 0 Å². The zero-order valence-corrected chi connectivity index (χ0v) is 20.5. The van der Waals surface area contributed by atoms with E-state index in [0.29, 0.717) is 46.2 Å². The molecule has 0 aromatic heterocycles. The van der Waals surface area contributed by atoms with Crippen molar-refractivity contribution < 1.29 is 24.1 Å². The van der Waals surface area contributed by atoms with Crippen molar-refractivity contribution in [1.82, 2.24) is 4.90 Å². The van der Waals surface area contributed by atoms with Crippen molar-refractivity contribution in [2.75, 3.05) is 26.6 Å². The van der Waals surface area contributed by atoms with E-state index in [1.54, 1.807) is 51.7 Å². The summed E-state index contributed by atoms with van der Waals surface area (Å²) in [6.45, 7) is 0.855. The summed E-state index contributed by atoms with van der Waals surface area (Å²) in [4.78, 5) is 13.0. The number of methoxy groups -OCH3 is 3. The van der Waals surface area contributed by atoms with Gasteiger partial charge in [-0.1, -0.05) is 41.9 Å². The molecule has 3 rings (SSSR count). The van der Waals surface area contributed by atoms with Crippen LogP contribution in [0.2, 0.25) is 5.02 Å². The van der Waals surface area contributed by atoms with Crippen molar-refractivity contribution in [2.24, 2.45) is 0 Å². The summed E-state index contributed by atoms with van der Waals surface area (Å²) in [6.07, 6.45) is 0. The molecular formula is C25H24ClN2O5S-. The molecule has 0 saturated carbocycles. The van der Waals surface area contributed by atoms with Gasteiger partial charge in [0.15, 0.2) is 16.6 Å². The molecule has 0 bridgehead atoms. The minimum absolute atomic E-state index is 0.111. The Morgan fingerprint density at radius 2 is 1.47 bits per heavy atom. The number of ether oxygens (including phenoxy) is 3. The fraction of sp³-hybridized carbons (Fsp3) is 0.200. The molecule has 0 radical (unpaired) electrons. The van der Waals surface area contributed by atoms with Gasteiger partial charge in [0, 0.05) is 18.1 Å². The van der Waals surface area contributed by atoms with E-state index in [4.69, 9.17) is 38.0 Å². The number of aromatic carboxylic acids is 1. The van der Waals surface area contributed by atoms with Crippen LogP contribution in [0.1, 0.15) is 21.5 Å². The lowest BCUT2D eigenvalue weighted by molar-refractivity contribution is -0.255. The highest BCUT2D eigenvalue weighted by Crippen LogP contribution is 2.30. The third kappa shape index (κ3) is 6.30. The number of carboxylic acids is 1. The van der Waals surface area contributed by atoms with Crippen LogP contribution in [0.15, 0.2) is 60.7 Å². The monoisotopic (exact) mass is 499 g/mol. The molecule has 0 atom stereocenters. The van der Waals surface area contributed by atoms with E-state index in [1.807, 2.05) is 23.1 Å². The number of nitrogens with zero attached hydrogens (tertiary/aromatic N) is 1. The van der Waals surface area contributed by atoms with Gasteiger partial charge in [0.1, 0.15) is 5.75 Å². The smallest absolute Gasteiger partial charge is 0.174 e. The number of carboxylic acid groups (broad SMARTS) is 1. The van der Waals surface area contributed by atoms with Crippen LogP contribution in [-0.4, -0.2) is 37.3 Å². The van der Waals surface area contributed by atoms with Gasteiger partial charge in [0.25, 0.3) is 0 Å². The van der Waals surface area contributed by atoms with E-state index in [9.17, 15) is 9.90 Å². The molecule has 0 fully saturated rings. The summed E-state index contributed by atoms with van der Waals surface area (Å²) >= 11 is 11.9. The maximum atomic E-state index is 11.1. The van der Waals surface area contributed by atoms with Crippen LogP contribution in [0.5, 0.6) is 17.2 Å². The average Bonchev–Trinajstić information content (AvgIpc) is 2.84. The molecule has 0 aliphatic rings. The zero-order valence-electron chi connectivity index (χ0n) is 19.0. The molecule has 0 spiro atoms. The number of carbonyl (C=O) groups excluding carboxylic acids is 1. The first-order valence-corrected chi connectivity index (χ1v) is 11.0. The van der Waals surface area contributed by atoms with E-state index < -0.39 is 5.97 Å². The van der Waals surface area contributed by atoms with Crippen molar-refractivity contribution in [3.63, 3.8) is 0 Å². The highest BCUT2D eigenvalue weighted by molar-refractivity contribution is 7.80. The highest BCUT2D eigenvalue weighted by atomic mass is 35.5. The number of benzene rings is 3. The molecule has 0 aliphatic heterocycles. The molecule has 0 saturated heterocycles. The number of halogens is 1. The topological polar surface area (TPSA) is 83.1 Å². The lowest BCUT2D eigenvalue weighted by Crippen LogP contribution is -2.34. The van der Waals surface area contributed by atoms with Crippen molar-refractivity contribution in [2.45, 2.75) is 13.1 Å². The number of nitrogens with one attached hydrogen (secondary N) is 1. The van der Waals surface area contributed by atoms with Gasteiger partial charge in [0.2, 0.25) is 0 Å². The highest BCUT2D eigenvalue weighted by Gasteiger charge is 2.16. The van der Waals surface area contributed by atoms with Crippen LogP contribution >= 0.6 is 23.8 Å². The maximum Gasteiger partial charge on any atom is 0.174 e.